The minimum absolute atomic E-state index is 0.0251. The van der Waals surface area contributed by atoms with E-state index in [4.69, 9.17) is 0 Å². The van der Waals surface area contributed by atoms with Crippen LogP contribution < -0.4 is 0 Å². The summed E-state index contributed by atoms with van der Waals surface area (Å²) in [7, 11) is 0. The molecule has 5 nitrogen and oxygen atoms in total. The average Bonchev–Trinajstić information content (AvgIpc) is 3.06. The van der Waals surface area contributed by atoms with Gasteiger partial charge in [0, 0.05) is 30.9 Å². The van der Waals surface area contributed by atoms with E-state index in [0.29, 0.717) is 13.1 Å². The van der Waals surface area contributed by atoms with Crippen LogP contribution in [0.3, 0.4) is 0 Å². The van der Waals surface area contributed by atoms with Gasteiger partial charge in [0.2, 0.25) is 11.8 Å². The van der Waals surface area contributed by atoms with Crippen LogP contribution in [0.5, 0.6) is 0 Å². The summed E-state index contributed by atoms with van der Waals surface area (Å²) in [6.07, 6.45) is 0.139. The first-order valence-electron chi connectivity index (χ1n) is 9.10. The van der Waals surface area contributed by atoms with E-state index in [-0.39, 0.29) is 43.6 Å². The van der Waals surface area contributed by atoms with Gasteiger partial charge in [-0.3, -0.25) is 4.79 Å². The van der Waals surface area contributed by atoms with E-state index in [1.807, 2.05) is 37.3 Å². The molecule has 0 unspecified atom stereocenters. The second-order valence-electron chi connectivity index (χ2n) is 7.37. The van der Waals surface area contributed by atoms with Gasteiger partial charge in [-0.25, -0.2) is 8.78 Å². The molecule has 0 radical (unpaired) electrons. The number of fused-ring (bicyclic) bond motifs is 1. The molecule has 0 bridgehead atoms. The molecule has 26 heavy (non-hydrogen) atoms. The highest BCUT2D eigenvalue weighted by molar-refractivity contribution is 5.79. The molecular weight excluding hydrogens is 338 g/mol. The van der Waals surface area contributed by atoms with Crippen molar-refractivity contribution in [2.24, 2.45) is 5.92 Å². The molecule has 1 aliphatic carbocycles. The van der Waals surface area contributed by atoms with Crippen LogP contribution in [0, 0.1) is 5.92 Å². The van der Waals surface area contributed by atoms with Crippen LogP contribution in [-0.4, -0.2) is 38.0 Å². The van der Waals surface area contributed by atoms with Crippen LogP contribution in [0.25, 0.3) is 11.4 Å². The molecule has 1 aromatic carbocycles. The number of halogens is 2. The zero-order valence-electron chi connectivity index (χ0n) is 14.7. The summed E-state index contributed by atoms with van der Waals surface area (Å²) in [5, 5.41) is 8.60. The van der Waals surface area contributed by atoms with Crippen LogP contribution in [-0.2, 0) is 11.3 Å². The lowest BCUT2D eigenvalue weighted by molar-refractivity contribution is -0.141. The Hall–Kier alpha value is -2.31. The number of benzene rings is 1. The molecule has 1 aromatic heterocycles. The van der Waals surface area contributed by atoms with Gasteiger partial charge in [-0.05, 0) is 19.8 Å². The van der Waals surface area contributed by atoms with Gasteiger partial charge in [-0.1, -0.05) is 30.3 Å². The molecule has 1 atom stereocenters. The van der Waals surface area contributed by atoms with E-state index >= 15 is 0 Å². The summed E-state index contributed by atoms with van der Waals surface area (Å²) < 4.78 is 28.8. The quantitative estimate of drug-likeness (QED) is 0.821. The van der Waals surface area contributed by atoms with Crippen molar-refractivity contribution in [1.82, 2.24) is 19.7 Å². The highest BCUT2D eigenvalue weighted by atomic mass is 19.3. The van der Waals surface area contributed by atoms with Gasteiger partial charge in [0.1, 0.15) is 0 Å². The minimum Gasteiger partial charge on any atom is -0.333 e. The summed E-state index contributed by atoms with van der Waals surface area (Å²) >= 11 is 0. The van der Waals surface area contributed by atoms with Crippen molar-refractivity contribution < 1.29 is 13.6 Å². The summed E-state index contributed by atoms with van der Waals surface area (Å²) in [6, 6.07) is 9.89. The standard InChI is InChI=1S/C19H22F2N4O/c1-13-11-24(18(26)15-7-9-19(20,21)10-8-15)12-16-22-23-17(25(13)16)14-5-3-2-4-6-14/h2-6,13,15H,7-12H2,1H3/t13-/m0/s1. The maximum atomic E-state index is 13.4. The van der Waals surface area contributed by atoms with Gasteiger partial charge >= 0.3 is 0 Å². The van der Waals surface area contributed by atoms with E-state index in [2.05, 4.69) is 14.8 Å². The van der Waals surface area contributed by atoms with E-state index in [9.17, 15) is 13.6 Å². The monoisotopic (exact) mass is 360 g/mol. The fourth-order valence-corrected chi connectivity index (χ4v) is 4.03. The number of carbonyl (C=O) groups excluding carboxylic acids is 1. The molecule has 1 fully saturated rings. The Balaban J connectivity index is 1.52. The highest BCUT2D eigenvalue weighted by Gasteiger charge is 2.40. The number of nitrogens with zero attached hydrogens (tertiary/aromatic N) is 4. The molecule has 2 heterocycles. The van der Waals surface area contributed by atoms with Gasteiger partial charge in [0.25, 0.3) is 0 Å². The Morgan fingerprint density at radius 2 is 1.85 bits per heavy atom. The first kappa shape index (κ1) is 17.1. The third kappa shape index (κ3) is 3.10. The molecule has 2 aromatic rings. The zero-order valence-corrected chi connectivity index (χ0v) is 14.7. The smallest absolute Gasteiger partial charge is 0.248 e. The summed E-state index contributed by atoms with van der Waals surface area (Å²) in [4.78, 5) is 14.6. The number of carbonyl (C=O) groups is 1. The summed E-state index contributed by atoms with van der Waals surface area (Å²) in [6.45, 7) is 2.97. The molecule has 0 N–H and O–H groups in total. The lowest BCUT2D eigenvalue weighted by Gasteiger charge is -2.36. The lowest BCUT2D eigenvalue weighted by atomic mass is 9.85. The number of amides is 1. The summed E-state index contributed by atoms with van der Waals surface area (Å²) in [5.41, 5.74) is 0.993. The molecule has 2 aliphatic rings. The van der Waals surface area contributed by atoms with Crippen molar-refractivity contribution in [3.05, 3.63) is 36.2 Å². The molecule has 7 heteroatoms. The van der Waals surface area contributed by atoms with Gasteiger partial charge in [-0.2, -0.15) is 0 Å². The normalized spacial score (nSPS) is 22.9. The molecule has 1 aliphatic heterocycles. The van der Waals surface area contributed by atoms with Crippen molar-refractivity contribution in [2.45, 2.75) is 51.1 Å². The average molecular weight is 360 g/mol. The molecule has 1 saturated carbocycles. The molecule has 138 valence electrons. The van der Waals surface area contributed by atoms with Crippen molar-refractivity contribution in [2.75, 3.05) is 6.54 Å². The fourth-order valence-electron chi connectivity index (χ4n) is 4.03. The maximum absolute atomic E-state index is 13.4. The molecule has 0 saturated heterocycles. The van der Waals surface area contributed by atoms with Crippen molar-refractivity contribution in [3.63, 3.8) is 0 Å². The molecule has 4 rings (SSSR count). The predicted octanol–water partition coefficient (Wildman–Crippen LogP) is 3.67. The first-order valence-corrected chi connectivity index (χ1v) is 9.10. The van der Waals surface area contributed by atoms with E-state index in [1.165, 1.54) is 0 Å². The first-order chi connectivity index (χ1) is 12.4. The van der Waals surface area contributed by atoms with Gasteiger partial charge < -0.3 is 9.47 Å². The van der Waals surface area contributed by atoms with Crippen LogP contribution in [0.4, 0.5) is 8.78 Å². The third-order valence-electron chi connectivity index (χ3n) is 5.43. The predicted molar refractivity (Wildman–Crippen MR) is 92.5 cm³/mol. The zero-order chi connectivity index (χ0) is 18.3. The number of alkyl halides is 2. The Morgan fingerprint density at radius 3 is 2.54 bits per heavy atom. The van der Waals surface area contributed by atoms with Crippen molar-refractivity contribution in [3.8, 4) is 11.4 Å². The van der Waals surface area contributed by atoms with Gasteiger partial charge in [0.15, 0.2) is 11.6 Å². The Bertz CT molecular complexity index is 795. The van der Waals surface area contributed by atoms with Gasteiger partial charge in [0.05, 0.1) is 12.6 Å². The van der Waals surface area contributed by atoms with Crippen molar-refractivity contribution in [1.29, 1.82) is 0 Å². The Kier molecular flexibility index (Phi) is 4.25. The number of aromatic nitrogens is 3. The topological polar surface area (TPSA) is 51.0 Å². The van der Waals surface area contributed by atoms with Crippen molar-refractivity contribution >= 4 is 5.91 Å². The fraction of sp³-hybridized carbons (Fsp3) is 0.526. The van der Waals surface area contributed by atoms with E-state index < -0.39 is 5.92 Å². The van der Waals surface area contributed by atoms with Crippen LogP contribution in [0.1, 0.15) is 44.5 Å². The second-order valence-corrected chi connectivity index (χ2v) is 7.37. The Labute approximate surface area is 151 Å². The number of hydrogen-bond acceptors (Lipinski definition) is 3. The lowest BCUT2D eigenvalue weighted by Crippen LogP contribution is -2.44. The van der Waals surface area contributed by atoms with Crippen LogP contribution in [0.2, 0.25) is 0 Å². The Morgan fingerprint density at radius 1 is 1.15 bits per heavy atom. The summed E-state index contributed by atoms with van der Waals surface area (Å²) in [5.74, 6) is -1.39. The largest absolute Gasteiger partial charge is 0.333 e. The number of hydrogen-bond donors (Lipinski definition) is 0. The minimum atomic E-state index is -2.61. The van der Waals surface area contributed by atoms with E-state index in [1.54, 1.807) is 4.90 Å². The molecule has 0 spiro atoms. The molecular formula is C19H22F2N4O. The van der Waals surface area contributed by atoms with Crippen LogP contribution >= 0.6 is 0 Å². The SMILES string of the molecule is C[C@H]1CN(C(=O)C2CCC(F)(F)CC2)Cc2nnc(-c3ccccc3)n21. The van der Waals surface area contributed by atoms with Gasteiger partial charge in [-0.15, -0.1) is 10.2 Å². The maximum Gasteiger partial charge on any atom is 0.248 e. The van der Waals surface area contributed by atoms with Crippen LogP contribution in [0.15, 0.2) is 30.3 Å². The highest BCUT2D eigenvalue weighted by Crippen LogP contribution is 2.37. The third-order valence-corrected chi connectivity index (χ3v) is 5.43. The second kappa shape index (κ2) is 6.45. The molecule has 1 amide bonds. The van der Waals surface area contributed by atoms with E-state index in [0.717, 1.165) is 17.2 Å². The number of rotatable bonds is 2.